The summed E-state index contributed by atoms with van der Waals surface area (Å²) in [5.74, 6) is 0.852. The summed E-state index contributed by atoms with van der Waals surface area (Å²) < 4.78 is 5.29. The van der Waals surface area contributed by atoms with E-state index in [9.17, 15) is 0 Å². The third-order valence-corrected chi connectivity index (χ3v) is 1.27. The maximum Gasteiger partial charge on any atom is 0.0896 e. The molecule has 0 bridgehead atoms. The van der Waals surface area contributed by atoms with Gasteiger partial charge in [-0.05, 0) is 0 Å². The molecule has 0 aromatic heterocycles. The Bertz CT molecular complexity index is 245. The van der Waals surface area contributed by atoms with Gasteiger partial charge in [-0.1, -0.05) is 19.6 Å². The number of aryl methyl sites for hydroxylation is 1. The first-order valence-electron chi connectivity index (χ1n) is 3.54. The molecule has 0 saturated carbocycles. The number of ether oxygens (including phenoxy) is 1. The van der Waals surface area contributed by atoms with Gasteiger partial charge in [0, 0.05) is 38.5 Å². The molecule has 0 aliphatic heterocycles. The first-order chi connectivity index (χ1) is 5.33. The van der Waals surface area contributed by atoms with Crippen LogP contribution < -0.4 is 4.74 Å². The molecule has 1 radical (unpaired) electrons. The van der Waals surface area contributed by atoms with E-state index >= 15 is 0 Å². The van der Waals surface area contributed by atoms with Crippen molar-refractivity contribution in [1.82, 2.24) is 0 Å². The van der Waals surface area contributed by atoms with Crippen LogP contribution in [0.1, 0.15) is 5.56 Å². The predicted molar refractivity (Wildman–Crippen MR) is 45.7 cm³/mol. The van der Waals surface area contributed by atoms with Crippen molar-refractivity contribution in [2.24, 2.45) is 0 Å². The van der Waals surface area contributed by atoms with Gasteiger partial charge in [-0.25, -0.2) is 0 Å². The summed E-state index contributed by atoms with van der Waals surface area (Å²) in [5, 5.41) is 0. The Morgan fingerprint density at radius 1 is 1.58 bits per heavy atom. The summed E-state index contributed by atoms with van der Waals surface area (Å²) in [5.41, 5.74) is 1.16. The number of benzene rings is 1. The fourth-order valence-electron chi connectivity index (χ4n) is 0.801. The Kier molecular flexibility index (Phi) is 6.32. The molecular weight excluding hydrogens is 225 g/mol. The van der Waals surface area contributed by atoms with E-state index in [-0.39, 0.29) is 32.7 Å². The third kappa shape index (κ3) is 4.03. The van der Waals surface area contributed by atoms with Crippen molar-refractivity contribution in [3.8, 4) is 5.75 Å². The van der Waals surface area contributed by atoms with Crippen molar-refractivity contribution in [3.05, 3.63) is 42.5 Å². The third-order valence-electron chi connectivity index (χ3n) is 1.27. The second kappa shape index (κ2) is 6.39. The molecule has 0 amide bonds. The predicted octanol–water partition coefficient (Wildman–Crippen LogP) is 2.36. The molecule has 0 unspecified atom stereocenters. The van der Waals surface area contributed by atoms with Gasteiger partial charge in [0.15, 0.2) is 0 Å². The summed E-state index contributed by atoms with van der Waals surface area (Å²) in [4.78, 5) is 0. The second-order valence-electron chi connectivity index (χ2n) is 2.35. The van der Waals surface area contributed by atoms with Gasteiger partial charge >= 0.3 is 0 Å². The van der Waals surface area contributed by atoms with E-state index < -0.39 is 0 Å². The number of rotatable bonds is 3. The Morgan fingerprint density at radius 3 is 2.92 bits per heavy atom. The topological polar surface area (TPSA) is 9.23 Å². The van der Waals surface area contributed by atoms with Crippen molar-refractivity contribution < 1.29 is 37.4 Å². The second-order valence-corrected chi connectivity index (χ2v) is 2.35. The largest absolute Gasteiger partial charge is 0.547 e. The van der Waals surface area contributed by atoms with Crippen molar-refractivity contribution in [2.75, 3.05) is 6.61 Å². The van der Waals surface area contributed by atoms with Crippen molar-refractivity contribution in [1.29, 1.82) is 0 Å². The fraction of sp³-hybridized carbons (Fsp3) is 0.200. The van der Waals surface area contributed by atoms with Crippen molar-refractivity contribution >= 4 is 0 Å². The molecule has 0 fully saturated rings. The van der Waals surface area contributed by atoms with Crippen LogP contribution in [-0.2, 0) is 32.7 Å². The number of hydrogen-bond acceptors (Lipinski definition) is 1. The Labute approximate surface area is 98.7 Å². The van der Waals surface area contributed by atoms with Crippen LogP contribution in [0.5, 0.6) is 5.75 Å². The molecule has 2 heteroatoms. The zero-order valence-electron chi connectivity index (χ0n) is 7.21. The summed E-state index contributed by atoms with van der Waals surface area (Å²) in [7, 11) is 0. The smallest absolute Gasteiger partial charge is 0.0896 e. The van der Waals surface area contributed by atoms with Crippen LogP contribution in [0, 0.1) is 13.0 Å². The Hall–Kier alpha value is -0.136. The van der Waals surface area contributed by atoms with Crippen LogP contribution in [0.2, 0.25) is 0 Å². The average Bonchev–Trinajstić information content (AvgIpc) is 2.01. The summed E-state index contributed by atoms with van der Waals surface area (Å²) in [6.45, 7) is 6.13. The Balaban J connectivity index is 0.00000121. The van der Waals surface area contributed by atoms with Crippen molar-refractivity contribution in [2.45, 2.75) is 6.92 Å². The van der Waals surface area contributed by atoms with E-state index in [2.05, 4.69) is 12.6 Å². The van der Waals surface area contributed by atoms with Gasteiger partial charge < -0.3 is 4.74 Å². The standard InChI is InChI=1S/C10H11O.Y/c1-3-7-11-10-6-4-5-9(2)8-10;/h3,5-6,8H,1,7H2,2H3;/q-1;. The SMILES string of the molecule is C=CCOc1c[c-]cc(C)c1.[Y]. The molecule has 0 spiro atoms. The van der Waals surface area contributed by atoms with Crippen LogP contribution in [0.25, 0.3) is 0 Å². The molecule has 1 rings (SSSR count). The molecule has 12 heavy (non-hydrogen) atoms. The maximum absolute atomic E-state index is 5.29. The Morgan fingerprint density at radius 2 is 2.33 bits per heavy atom. The van der Waals surface area contributed by atoms with Crippen LogP contribution in [0.3, 0.4) is 0 Å². The molecule has 0 N–H and O–H groups in total. The zero-order chi connectivity index (χ0) is 8.10. The van der Waals surface area contributed by atoms with Crippen LogP contribution >= 0.6 is 0 Å². The molecule has 0 saturated heterocycles. The fourth-order valence-corrected chi connectivity index (χ4v) is 0.801. The van der Waals surface area contributed by atoms with E-state index in [1.165, 1.54) is 0 Å². The van der Waals surface area contributed by atoms with E-state index in [1.807, 2.05) is 25.1 Å². The minimum atomic E-state index is 0. The van der Waals surface area contributed by atoms with Gasteiger partial charge in [-0.3, -0.25) is 0 Å². The van der Waals surface area contributed by atoms with E-state index in [4.69, 9.17) is 4.74 Å². The number of hydrogen-bond donors (Lipinski definition) is 0. The molecule has 1 aromatic carbocycles. The van der Waals surface area contributed by atoms with Crippen molar-refractivity contribution in [3.63, 3.8) is 0 Å². The quantitative estimate of drug-likeness (QED) is 0.578. The average molecular weight is 236 g/mol. The van der Waals surface area contributed by atoms with Gasteiger partial charge in [0.1, 0.15) is 0 Å². The molecule has 0 aliphatic rings. The van der Waals surface area contributed by atoms with E-state index in [1.54, 1.807) is 6.08 Å². The normalized spacial score (nSPS) is 8.42. The van der Waals surface area contributed by atoms with Crippen LogP contribution in [-0.4, -0.2) is 6.61 Å². The van der Waals surface area contributed by atoms with Gasteiger partial charge in [0.2, 0.25) is 0 Å². The molecule has 1 nitrogen and oxygen atoms in total. The summed E-state index contributed by atoms with van der Waals surface area (Å²) >= 11 is 0. The monoisotopic (exact) mass is 236 g/mol. The van der Waals surface area contributed by atoms with Gasteiger partial charge in [-0.2, -0.15) is 17.7 Å². The van der Waals surface area contributed by atoms with Gasteiger partial charge in [0.05, 0.1) is 6.61 Å². The van der Waals surface area contributed by atoms with Crippen LogP contribution in [0.15, 0.2) is 30.9 Å². The first kappa shape index (κ1) is 11.9. The van der Waals surface area contributed by atoms with Crippen LogP contribution in [0.4, 0.5) is 0 Å². The molecule has 61 valence electrons. The minimum absolute atomic E-state index is 0. The summed E-state index contributed by atoms with van der Waals surface area (Å²) in [6, 6.07) is 8.68. The van der Waals surface area contributed by atoms with Gasteiger partial charge in [0.25, 0.3) is 0 Å². The first-order valence-corrected chi connectivity index (χ1v) is 3.54. The van der Waals surface area contributed by atoms with E-state index in [0.717, 1.165) is 11.3 Å². The van der Waals surface area contributed by atoms with Gasteiger partial charge in [-0.15, -0.1) is 12.1 Å². The summed E-state index contributed by atoms with van der Waals surface area (Å²) in [6.07, 6.45) is 1.72. The molecule has 0 heterocycles. The maximum atomic E-state index is 5.29. The molecule has 0 aliphatic carbocycles. The van der Waals surface area contributed by atoms with E-state index in [0.29, 0.717) is 6.61 Å². The zero-order valence-corrected chi connectivity index (χ0v) is 10.0. The molecule has 1 aromatic rings. The molecular formula is C10H11OY-. The molecule has 0 atom stereocenters. The minimum Gasteiger partial charge on any atom is -0.547 e.